The minimum Gasteiger partial charge on any atom is -0.450 e. The Morgan fingerprint density at radius 3 is 2.36 bits per heavy atom. The first-order valence-corrected chi connectivity index (χ1v) is 11.4. The molecule has 2 heterocycles. The van der Waals surface area contributed by atoms with E-state index in [0.29, 0.717) is 0 Å². The first kappa shape index (κ1) is 22.4. The number of rotatable bonds is 6. The zero-order valence-corrected chi connectivity index (χ0v) is 18.1. The van der Waals surface area contributed by atoms with Crippen molar-refractivity contribution in [1.29, 1.82) is 0 Å². The van der Waals surface area contributed by atoms with Gasteiger partial charge in [-0.25, -0.2) is 13.2 Å². The Morgan fingerprint density at radius 1 is 1.00 bits per heavy atom. The zero-order valence-electron chi connectivity index (χ0n) is 17.2. The summed E-state index contributed by atoms with van der Waals surface area (Å²) in [4.78, 5) is 35.7. The molecular weight excluding hydrogens is 454 g/mol. The molecule has 1 aromatic heterocycles. The van der Waals surface area contributed by atoms with Gasteiger partial charge in [0, 0.05) is 26.2 Å². The minimum absolute atomic E-state index is 0.0965. The van der Waals surface area contributed by atoms with Gasteiger partial charge in [-0.2, -0.15) is 4.31 Å². The quantitative estimate of drug-likeness (QED) is 0.301. The highest BCUT2D eigenvalue weighted by Crippen LogP contribution is 2.23. The number of fused-ring (bicyclic) bond motifs is 1. The molecule has 0 radical (unpaired) electrons. The number of carbonyl (C=O) groups excluding carboxylic acids is 2. The van der Waals surface area contributed by atoms with Gasteiger partial charge in [-0.1, -0.05) is 30.3 Å². The highest BCUT2D eigenvalue weighted by atomic mass is 32.2. The SMILES string of the molecule is O=C(OCC(=O)N1CCN(S(=O)(=O)c2ccc3ccccc3c2)CC1)c1ccc([N+](=O)[O-])o1. The van der Waals surface area contributed by atoms with Crippen LogP contribution < -0.4 is 0 Å². The average molecular weight is 473 g/mol. The Balaban J connectivity index is 1.33. The van der Waals surface area contributed by atoms with Gasteiger partial charge in [0.2, 0.25) is 15.8 Å². The second-order valence-electron chi connectivity index (χ2n) is 7.26. The van der Waals surface area contributed by atoms with Gasteiger partial charge in [0.25, 0.3) is 5.91 Å². The smallest absolute Gasteiger partial charge is 0.433 e. The fraction of sp³-hybridized carbons (Fsp3) is 0.238. The van der Waals surface area contributed by atoms with E-state index in [-0.39, 0.29) is 36.8 Å². The molecule has 0 spiro atoms. The van der Waals surface area contributed by atoms with Crippen molar-refractivity contribution in [2.45, 2.75) is 4.90 Å². The van der Waals surface area contributed by atoms with E-state index in [1.54, 1.807) is 18.2 Å². The maximum atomic E-state index is 13.0. The topological polar surface area (TPSA) is 140 Å². The summed E-state index contributed by atoms with van der Waals surface area (Å²) in [6.07, 6.45) is 0. The van der Waals surface area contributed by atoms with Gasteiger partial charge in [0.1, 0.15) is 4.92 Å². The highest BCUT2D eigenvalue weighted by Gasteiger charge is 2.30. The van der Waals surface area contributed by atoms with E-state index in [0.717, 1.165) is 22.9 Å². The van der Waals surface area contributed by atoms with Crippen LogP contribution in [0.5, 0.6) is 0 Å². The van der Waals surface area contributed by atoms with Crippen molar-refractivity contribution in [3.8, 4) is 0 Å². The van der Waals surface area contributed by atoms with Crippen LogP contribution in [0.3, 0.4) is 0 Å². The van der Waals surface area contributed by atoms with Crippen LogP contribution in [0.4, 0.5) is 5.88 Å². The molecule has 1 aliphatic rings. The van der Waals surface area contributed by atoms with E-state index in [9.17, 15) is 28.1 Å². The summed E-state index contributed by atoms with van der Waals surface area (Å²) in [6, 6.07) is 14.5. The summed E-state index contributed by atoms with van der Waals surface area (Å²) >= 11 is 0. The molecule has 1 fully saturated rings. The number of sulfonamides is 1. The van der Waals surface area contributed by atoms with Crippen molar-refractivity contribution in [1.82, 2.24) is 9.21 Å². The van der Waals surface area contributed by atoms with E-state index in [1.165, 1.54) is 9.21 Å². The highest BCUT2D eigenvalue weighted by molar-refractivity contribution is 7.89. The zero-order chi connectivity index (χ0) is 23.6. The third-order valence-corrected chi connectivity index (χ3v) is 7.14. The van der Waals surface area contributed by atoms with Crippen molar-refractivity contribution in [3.63, 3.8) is 0 Å². The molecule has 1 aliphatic heterocycles. The number of amides is 1. The standard InChI is InChI=1S/C21H19N3O8S/c25-19(14-31-21(26)18-7-8-20(32-18)24(27)28)22-9-11-23(12-10-22)33(29,30)17-6-5-15-3-1-2-4-16(15)13-17/h1-8,13H,9-12,14H2. The lowest BCUT2D eigenvalue weighted by Gasteiger charge is -2.33. The molecule has 0 saturated carbocycles. The van der Waals surface area contributed by atoms with Gasteiger partial charge in [0.05, 0.1) is 11.0 Å². The summed E-state index contributed by atoms with van der Waals surface area (Å²) < 4.78 is 37.0. The van der Waals surface area contributed by atoms with Crippen LogP contribution in [0.1, 0.15) is 10.6 Å². The van der Waals surface area contributed by atoms with E-state index in [2.05, 4.69) is 0 Å². The summed E-state index contributed by atoms with van der Waals surface area (Å²) in [5, 5.41) is 12.4. The van der Waals surface area contributed by atoms with Crippen LogP contribution in [0.25, 0.3) is 10.8 Å². The number of hydrogen-bond acceptors (Lipinski definition) is 8. The molecule has 172 valence electrons. The van der Waals surface area contributed by atoms with Gasteiger partial charge in [-0.3, -0.25) is 14.9 Å². The average Bonchev–Trinajstić information content (AvgIpc) is 3.33. The second-order valence-corrected chi connectivity index (χ2v) is 9.20. The molecule has 1 saturated heterocycles. The molecular formula is C21H19N3O8S. The first-order valence-electron chi connectivity index (χ1n) is 9.94. The Morgan fingerprint density at radius 2 is 1.70 bits per heavy atom. The fourth-order valence-electron chi connectivity index (χ4n) is 3.48. The van der Waals surface area contributed by atoms with Crippen molar-refractivity contribution in [2.24, 2.45) is 0 Å². The molecule has 2 aromatic carbocycles. The van der Waals surface area contributed by atoms with Crippen LogP contribution in [0.15, 0.2) is 63.9 Å². The molecule has 33 heavy (non-hydrogen) atoms. The predicted octanol–water partition coefficient (Wildman–Crippen LogP) is 2.03. The maximum absolute atomic E-state index is 13.0. The Kier molecular flexibility index (Phi) is 6.11. The van der Waals surface area contributed by atoms with Gasteiger partial charge >= 0.3 is 11.9 Å². The predicted molar refractivity (Wildman–Crippen MR) is 115 cm³/mol. The summed E-state index contributed by atoms with van der Waals surface area (Å²) in [6.45, 7) is -0.131. The first-order chi connectivity index (χ1) is 15.8. The number of piperazine rings is 1. The lowest BCUT2D eigenvalue weighted by molar-refractivity contribution is -0.402. The summed E-state index contributed by atoms with van der Waals surface area (Å²) in [5.41, 5.74) is 0. The van der Waals surface area contributed by atoms with Gasteiger partial charge < -0.3 is 14.1 Å². The fourth-order valence-corrected chi connectivity index (χ4v) is 4.94. The minimum atomic E-state index is -3.73. The molecule has 12 heteroatoms. The van der Waals surface area contributed by atoms with Gasteiger partial charge in [-0.05, 0) is 29.0 Å². The lowest BCUT2D eigenvalue weighted by Crippen LogP contribution is -2.51. The Labute approximate surface area is 188 Å². The molecule has 3 aromatic rings. The molecule has 0 unspecified atom stereocenters. The molecule has 0 bridgehead atoms. The summed E-state index contributed by atoms with van der Waals surface area (Å²) in [5.74, 6) is -2.51. The molecule has 11 nitrogen and oxygen atoms in total. The number of ether oxygens (including phenoxy) is 1. The van der Waals surface area contributed by atoms with Crippen LogP contribution in [0.2, 0.25) is 0 Å². The van der Waals surface area contributed by atoms with Crippen molar-refractivity contribution in [3.05, 3.63) is 70.5 Å². The number of hydrogen-bond donors (Lipinski definition) is 0. The molecule has 4 rings (SSSR count). The maximum Gasteiger partial charge on any atom is 0.433 e. The van der Waals surface area contributed by atoms with Crippen LogP contribution >= 0.6 is 0 Å². The number of carbonyl (C=O) groups is 2. The van der Waals surface area contributed by atoms with Crippen molar-refractivity contribution >= 4 is 38.6 Å². The van der Waals surface area contributed by atoms with Crippen LogP contribution in [-0.4, -0.2) is 67.2 Å². The Hall–Kier alpha value is -3.77. The number of nitrogens with zero attached hydrogens (tertiary/aromatic N) is 3. The normalized spacial score (nSPS) is 14.8. The lowest BCUT2D eigenvalue weighted by atomic mass is 10.1. The number of nitro groups is 1. The number of esters is 1. The van der Waals surface area contributed by atoms with Crippen LogP contribution in [-0.2, 0) is 19.6 Å². The molecule has 0 aliphatic carbocycles. The van der Waals surface area contributed by atoms with Gasteiger partial charge in [-0.15, -0.1) is 0 Å². The Bertz CT molecular complexity index is 1330. The third kappa shape index (κ3) is 4.71. The molecule has 1 amide bonds. The largest absolute Gasteiger partial charge is 0.450 e. The number of furan rings is 1. The van der Waals surface area contributed by atoms with Crippen molar-refractivity contribution < 1.29 is 32.1 Å². The summed E-state index contributed by atoms with van der Waals surface area (Å²) in [7, 11) is -3.73. The van der Waals surface area contributed by atoms with Crippen molar-refractivity contribution in [2.75, 3.05) is 32.8 Å². The molecule has 0 atom stereocenters. The number of benzene rings is 2. The molecule has 0 N–H and O–H groups in total. The second kappa shape index (κ2) is 9.00. The van der Waals surface area contributed by atoms with E-state index < -0.39 is 39.3 Å². The van der Waals surface area contributed by atoms with Gasteiger partial charge in [0.15, 0.2) is 6.61 Å². The monoisotopic (exact) mass is 473 g/mol. The van der Waals surface area contributed by atoms with E-state index in [1.807, 2.05) is 24.3 Å². The third-order valence-electron chi connectivity index (χ3n) is 5.25. The van der Waals surface area contributed by atoms with Crippen LogP contribution in [0, 0.1) is 10.1 Å². The van der Waals surface area contributed by atoms with E-state index in [4.69, 9.17) is 9.15 Å². The van der Waals surface area contributed by atoms with E-state index >= 15 is 0 Å².